The zero-order chi connectivity index (χ0) is 20.6. The molecule has 0 fully saturated rings. The first kappa shape index (κ1) is 18.9. The van der Waals surface area contributed by atoms with E-state index in [1.54, 1.807) is 13.1 Å². The van der Waals surface area contributed by atoms with Gasteiger partial charge in [0, 0.05) is 24.6 Å². The molecule has 0 spiro atoms. The number of fused-ring (bicyclic) bond motifs is 1. The summed E-state index contributed by atoms with van der Waals surface area (Å²) in [6.07, 6.45) is -0.283. The van der Waals surface area contributed by atoms with Crippen LogP contribution in [0.1, 0.15) is 24.2 Å². The number of nitrogens with zero attached hydrogens (tertiary/aromatic N) is 4. The predicted molar refractivity (Wildman–Crippen MR) is 101 cm³/mol. The maximum absolute atomic E-state index is 13.5. The van der Waals surface area contributed by atoms with E-state index >= 15 is 0 Å². The van der Waals surface area contributed by atoms with Crippen molar-refractivity contribution in [2.75, 3.05) is 0 Å². The first-order chi connectivity index (χ1) is 13.9. The monoisotopic (exact) mass is 399 g/mol. The Balaban J connectivity index is 1.98. The molecule has 1 N–H and O–H groups in total. The van der Waals surface area contributed by atoms with E-state index in [1.165, 1.54) is 16.8 Å². The second-order valence-corrected chi connectivity index (χ2v) is 6.64. The number of rotatable bonds is 4. The molecule has 1 aromatic carbocycles. The molecule has 0 aliphatic heterocycles. The van der Waals surface area contributed by atoms with Crippen molar-refractivity contribution in [1.29, 1.82) is 0 Å². The summed E-state index contributed by atoms with van der Waals surface area (Å²) >= 11 is 0. The fraction of sp³-hybridized carbons (Fsp3) is 0.200. The van der Waals surface area contributed by atoms with Gasteiger partial charge in [0.2, 0.25) is 0 Å². The van der Waals surface area contributed by atoms with E-state index in [9.17, 15) is 18.0 Å². The number of imidazole rings is 1. The maximum atomic E-state index is 13.5. The Morgan fingerprint density at radius 3 is 2.52 bits per heavy atom. The topological polar surface area (TPSA) is 76.5 Å². The number of hydrogen-bond donors (Lipinski definition) is 1. The minimum atomic E-state index is -4.77. The third kappa shape index (κ3) is 3.51. The van der Waals surface area contributed by atoms with Crippen LogP contribution in [0.4, 0.5) is 13.2 Å². The van der Waals surface area contributed by atoms with Crippen molar-refractivity contribution in [2.45, 2.75) is 25.6 Å². The predicted octanol–water partition coefficient (Wildman–Crippen LogP) is 4.00. The summed E-state index contributed by atoms with van der Waals surface area (Å²) in [5.74, 6) is 0.476. The number of nitrogens with one attached hydrogen (secondary N) is 1. The highest BCUT2D eigenvalue weighted by Crippen LogP contribution is 2.32. The summed E-state index contributed by atoms with van der Waals surface area (Å²) in [5.41, 5.74) is -1.17. The van der Waals surface area contributed by atoms with E-state index in [-0.39, 0.29) is 11.3 Å². The van der Waals surface area contributed by atoms with E-state index in [2.05, 4.69) is 19.9 Å². The van der Waals surface area contributed by atoms with E-state index in [1.807, 2.05) is 30.3 Å². The number of halogens is 3. The zero-order valence-corrected chi connectivity index (χ0v) is 15.3. The van der Waals surface area contributed by atoms with E-state index in [0.717, 1.165) is 11.8 Å². The Morgan fingerprint density at radius 1 is 1.10 bits per heavy atom. The van der Waals surface area contributed by atoms with Gasteiger partial charge in [-0.1, -0.05) is 30.3 Å². The van der Waals surface area contributed by atoms with Gasteiger partial charge >= 0.3 is 6.18 Å². The van der Waals surface area contributed by atoms with Gasteiger partial charge in [0.05, 0.1) is 10.9 Å². The minimum Gasteiger partial charge on any atom is -0.342 e. The molecule has 6 nitrogen and oxygen atoms in total. The van der Waals surface area contributed by atoms with Gasteiger partial charge in [-0.05, 0) is 25.0 Å². The molecule has 0 aliphatic rings. The molecule has 29 heavy (non-hydrogen) atoms. The van der Waals surface area contributed by atoms with Gasteiger partial charge in [0.25, 0.3) is 5.56 Å². The van der Waals surface area contributed by atoms with Crippen molar-refractivity contribution in [3.05, 3.63) is 76.6 Å². The highest BCUT2D eigenvalue weighted by Gasteiger charge is 2.36. The summed E-state index contributed by atoms with van der Waals surface area (Å²) in [5, 5.41) is -0.546. The van der Waals surface area contributed by atoms with Crippen LogP contribution in [0.2, 0.25) is 0 Å². The van der Waals surface area contributed by atoms with E-state index < -0.39 is 28.9 Å². The molecule has 1 atom stereocenters. The van der Waals surface area contributed by atoms with Crippen LogP contribution < -0.4 is 5.56 Å². The molecule has 0 unspecified atom stereocenters. The van der Waals surface area contributed by atoms with Crippen molar-refractivity contribution < 1.29 is 13.2 Å². The number of aromatic amines is 1. The highest BCUT2D eigenvalue weighted by molar-refractivity contribution is 5.81. The summed E-state index contributed by atoms with van der Waals surface area (Å²) < 4.78 is 41.7. The normalized spacial score (nSPS) is 13.0. The van der Waals surface area contributed by atoms with Crippen molar-refractivity contribution in [2.24, 2.45) is 0 Å². The molecule has 148 valence electrons. The number of pyridine rings is 1. The molecule has 0 radical (unpaired) electrons. The molecule has 0 saturated carbocycles. The second-order valence-electron chi connectivity index (χ2n) is 6.64. The van der Waals surface area contributed by atoms with Gasteiger partial charge in [-0.3, -0.25) is 14.3 Å². The van der Waals surface area contributed by atoms with Crippen LogP contribution in [0, 0.1) is 0 Å². The van der Waals surface area contributed by atoms with E-state index in [0.29, 0.717) is 12.2 Å². The van der Waals surface area contributed by atoms with E-state index in [4.69, 9.17) is 0 Å². The number of aromatic nitrogens is 5. The average Bonchev–Trinajstić information content (AvgIpc) is 3.22. The average molecular weight is 399 g/mol. The summed E-state index contributed by atoms with van der Waals surface area (Å²) in [4.78, 5) is 28.1. The molecule has 9 heteroatoms. The SMILES string of the molecule is C[C@H](Cc1ccccc1)n1c(-c2ncc[nH]2)nc2ccnc(C(F)(F)F)c2c1=O. The van der Waals surface area contributed by atoms with Gasteiger partial charge in [0.15, 0.2) is 17.3 Å². The second kappa shape index (κ2) is 7.16. The van der Waals surface area contributed by atoms with Crippen LogP contribution in [-0.2, 0) is 12.6 Å². The standard InChI is InChI=1S/C20H16F3N5O/c1-12(11-13-5-3-2-4-6-13)28-18(17-25-9-10-26-17)27-14-7-8-24-16(20(21,22)23)15(14)19(28)29/h2-10,12H,11H2,1H3,(H,25,26)/t12-/m1/s1. The van der Waals surface area contributed by atoms with Crippen LogP contribution in [0.3, 0.4) is 0 Å². The fourth-order valence-electron chi connectivity index (χ4n) is 3.37. The van der Waals surface area contributed by atoms with Crippen LogP contribution in [-0.4, -0.2) is 24.5 Å². The Bertz CT molecular complexity index is 1200. The Hall–Kier alpha value is -3.49. The first-order valence-electron chi connectivity index (χ1n) is 8.88. The molecule has 3 aromatic heterocycles. The summed E-state index contributed by atoms with van der Waals surface area (Å²) in [6, 6.07) is 10.2. The maximum Gasteiger partial charge on any atom is 0.434 e. The quantitative estimate of drug-likeness (QED) is 0.563. The summed E-state index contributed by atoms with van der Waals surface area (Å²) in [6.45, 7) is 1.76. The number of H-pyrrole nitrogens is 1. The lowest BCUT2D eigenvalue weighted by molar-refractivity contribution is -0.139. The minimum absolute atomic E-state index is 0.0770. The third-order valence-electron chi connectivity index (χ3n) is 4.61. The fourth-order valence-corrected chi connectivity index (χ4v) is 3.37. The van der Waals surface area contributed by atoms with Crippen LogP contribution in [0.25, 0.3) is 22.6 Å². The van der Waals surface area contributed by atoms with Gasteiger partial charge in [-0.15, -0.1) is 0 Å². The van der Waals surface area contributed by atoms with Crippen molar-refractivity contribution in [3.63, 3.8) is 0 Å². The lowest BCUT2D eigenvalue weighted by Crippen LogP contribution is -2.29. The van der Waals surface area contributed by atoms with Crippen LogP contribution in [0.15, 0.2) is 59.8 Å². The van der Waals surface area contributed by atoms with Gasteiger partial charge in [-0.2, -0.15) is 13.2 Å². The largest absolute Gasteiger partial charge is 0.434 e. The number of alkyl halides is 3. The molecule has 4 aromatic rings. The zero-order valence-electron chi connectivity index (χ0n) is 15.3. The van der Waals surface area contributed by atoms with Gasteiger partial charge in [0.1, 0.15) is 0 Å². The first-order valence-corrected chi connectivity index (χ1v) is 8.88. The van der Waals surface area contributed by atoms with Crippen molar-refractivity contribution in [3.8, 4) is 11.6 Å². The van der Waals surface area contributed by atoms with Crippen LogP contribution >= 0.6 is 0 Å². The highest BCUT2D eigenvalue weighted by atomic mass is 19.4. The smallest absolute Gasteiger partial charge is 0.342 e. The third-order valence-corrected chi connectivity index (χ3v) is 4.61. The molecular formula is C20H16F3N5O. The molecule has 4 rings (SSSR count). The summed E-state index contributed by atoms with van der Waals surface area (Å²) in [7, 11) is 0. The Morgan fingerprint density at radius 2 is 1.86 bits per heavy atom. The molecule has 0 aliphatic carbocycles. The van der Waals surface area contributed by atoms with Gasteiger partial charge in [-0.25, -0.2) is 9.97 Å². The molecule has 0 saturated heterocycles. The molecule has 0 amide bonds. The van der Waals surface area contributed by atoms with Gasteiger partial charge < -0.3 is 4.98 Å². The lowest BCUT2D eigenvalue weighted by Gasteiger charge is -2.20. The molecule has 0 bridgehead atoms. The molecule has 3 heterocycles. The molecular weight excluding hydrogens is 383 g/mol. The van der Waals surface area contributed by atoms with Crippen molar-refractivity contribution in [1.82, 2.24) is 24.5 Å². The Labute approximate surface area is 163 Å². The number of benzene rings is 1. The number of hydrogen-bond acceptors (Lipinski definition) is 4. The Kier molecular flexibility index (Phi) is 4.65. The van der Waals surface area contributed by atoms with Crippen molar-refractivity contribution >= 4 is 10.9 Å². The lowest BCUT2D eigenvalue weighted by atomic mass is 10.1. The van der Waals surface area contributed by atoms with Crippen LogP contribution in [0.5, 0.6) is 0 Å².